The number of rotatable bonds is 11. The van der Waals surface area contributed by atoms with Crippen molar-refractivity contribution in [3.63, 3.8) is 0 Å². The lowest BCUT2D eigenvalue weighted by Crippen LogP contribution is -2.04. The molecule has 0 spiro atoms. The van der Waals surface area contributed by atoms with Gasteiger partial charge in [0.1, 0.15) is 0 Å². The van der Waals surface area contributed by atoms with E-state index < -0.39 is 0 Å². The highest BCUT2D eigenvalue weighted by atomic mass is 15.0. The summed E-state index contributed by atoms with van der Waals surface area (Å²) in [5.74, 6) is 1.76. The standard InChI is InChI=1S/C75H50N6/c1-2-3-4-10-31-55-48-56(75-77-73(53-29-15-7-16-30-53)76-74(78-75)54-42-40-51(41-43-54)50-25-11-5-12-26-50)49-63(52-27-13-6-14-28-52)70(55)81-65-39-24-22-37-62(65)69-67(81)47-45-60-59-44-46-66-68(71(59)80(72(60)69)58-34-19-9-20-35-58)61-36-21-23-38-64(61)79(66)57-32-17-8-18-33-57/h2-49H,1H2/b4-3-,31-10+. The fraction of sp³-hybridized carbons (Fsp3) is 0. The Hall–Kier alpha value is -11.0. The van der Waals surface area contributed by atoms with Gasteiger partial charge in [-0.15, -0.1) is 0 Å². The molecule has 0 saturated heterocycles. The summed E-state index contributed by atoms with van der Waals surface area (Å²) in [6.45, 7) is 3.99. The van der Waals surface area contributed by atoms with Crippen LogP contribution in [0, 0.1) is 0 Å². The van der Waals surface area contributed by atoms with E-state index >= 15 is 0 Å². The molecule has 0 aliphatic heterocycles. The number of nitrogens with zero attached hydrogens (tertiary/aromatic N) is 6. The largest absolute Gasteiger partial charge is 0.309 e. The van der Waals surface area contributed by atoms with Gasteiger partial charge in [-0.2, -0.15) is 0 Å². The van der Waals surface area contributed by atoms with Crippen LogP contribution in [0.4, 0.5) is 0 Å². The van der Waals surface area contributed by atoms with E-state index in [1.807, 2.05) is 36.4 Å². The van der Waals surface area contributed by atoms with E-state index in [1.54, 1.807) is 6.08 Å². The number of allylic oxidation sites excluding steroid dienone is 4. The maximum absolute atomic E-state index is 5.35. The molecule has 6 heteroatoms. The molecule has 0 bridgehead atoms. The van der Waals surface area contributed by atoms with Crippen LogP contribution >= 0.6 is 0 Å². The van der Waals surface area contributed by atoms with Gasteiger partial charge in [0.15, 0.2) is 17.5 Å². The normalized spacial score (nSPS) is 11.9. The average Bonchev–Trinajstić information content (AvgIpc) is 2.88. The highest BCUT2D eigenvalue weighted by molar-refractivity contribution is 6.31. The molecule has 0 radical (unpaired) electrons. The first-order chi connectivity index (χ1) is 40.2. The SMILES string of the molecule is C=C/C=C\C=C\c1cc(-c2nc(-c3ccccc3)nc(-c3ccc(-c4ccccc4)cc3)n2)cc(-c2ccccc2)c1-n1c2ccccc2c2c1ccc1c3ccc4c(c5ccccc5n4-c4ccccc4)c3n(-c3ccccc3)c12. The van der Waals surface area contributed by atoms with E-state index in [9.17, 15) is 0 Å². The molecule has 0 fully saturated rings. The molecule has 0 N–H and O–H groups in total. The minimum absolute atomic E-state index is 0.572. The molecule has 0 unspecified atom stereocenters. The highest BCUT2D eigenvalue weighted by Crippen LogP contribution is 2.48. The maximum atomic E-state index is 5.35. The Morgan fingerprint density at radius 2 is 0.741 bits per heavy atom. The van der Waals surface area contributed by atoms with Gasteiger partial charge in [0.25, 0.3) is 0 Å². The van der Waals surface area contributed by atoms with Crippen molar-refractivity contribution >= 4 is 71.5 Å². The topological polar surface area (TPSA) is 53.5 Å². The highest BCUT2D eigenvalue weighted by Gasteiger charge is 2.27. The third kappa shape index (κ3) is 7.99. The molecule has 0 amide bonds. The van der Waals surface area contributed by atoms with Crippen molar-refractivity contribution in [2.24, 2.45) is 0 Å². The third-order valence-corrected chi connectivity index (χ3v) is 15.6. The minimum Gasteiger partial charge on any atom is -0.309 e. The lowest BCUT2D eigenvalue weighted by atomic mass is 9.95. The molecule has 4 heterocycles. The Labute approximate surface area is 468 Å². The van der Waals surface area contributed by atoms with Crippen molar-refractivity contribution in [3.8, 4) is 73.5 Å². The van der Waals surface area contributed by atoms with E-state index in [2.05, 4.69) is 269 Å². The van der Waals surface area contributed by atoms with Crippen molar-refractivity contribution < 1.29 is 0 Å². The van der Waals surface area contributed by atoms with Gasteiger partial charge in [-0.1, -0.05) is 237 Å². The summed E-state index contributed by atoms with van der Waals surface area (Å²) in [7, 11) is 0. The lowest BCUT2D eigenvalue weighted by molar-refractivity contribution is 1.07. The van der Waals surface area contributed by atoms with Gasteiger partial charge in [0.05, 0.1) is 38.8 Å². The second-order valence-electron chi connectivity index (χ2n) is 20.3. The van der Waals surface area contributed by atoms with Gasteiger partial charge in [0, 0.05) is 65.9 Å². The van der Waals surface area contributed by atoms with Gasteiger partial charge in [-0.25, -0.2) is 15.0 Å². The number of aromatic nitrogens is 6. The summed E-state index contributed by atoms with van der Waals surface area (Å²) < 4.78 is 7.43. The molecule has 15 aromatic rings. The molecule has 0 saturated carbocycles. The lowest BCUT2D eigenvalue weighted by Gasteiger charge is -2.19. The summed E-state index contributed by atoms with van der Waals surface area (Å²) in [5.41, 5.74) is 18.1. The zero-order valence-corrected chi connectivity index (χ0v) is 44.1. The summed E-state index contributed by atoms with van der Waals surface area (Å²) in [6, 6.07) is 93.0. The smallest absolute Gasteiger partial charge is 0.164 e. The first kappa shape index (κ1) is 47.3. The molecular formula is C75H50N6. The number of hydrogen-bond acceptors (Lipinski definition) is 3. The van der Waals surface area contributed by atoms with E-state index in [0.29, 0.717) is 17.5 Å². The zero-order chi connectivity index (χ0) is 53.8. The minimum atomic E-state index is 0.572. The van der Waals surface area contributed by atoms with E-state index in [0.717, 1.165) is 89.0 Å². The number of benzene rings is 11. The summed E-state index contributed by atoms with van der Waals surface area (Å²) >= 11 is 0. The van der Waals surface area contributed by atoms with Crippen LogP contribution < -0.4 is 0 Å². The predicted octanol–water partition coefficient (Wildman–Crippen LogP) is 19.3. The van der Waals surface area contributed by atoms with Gasteiger partial charge >= 0.3 is 0 Å². The Morgan fingerprint density at radius 3 is 1.31 bits per heavy atom. The van der Waals surface area contributed by atoms with Crippen LogP contribution in [0.3, 0.4) is 0 Å². The summed E-state index contributed by atoms with van der Waals surface area (Å²) in [4.78, 5) is 15.8. The molecule has 4 aromatic heterocycles. The number of fused-ring (bicyclic) bond motifs is 11. The molecule has 0 atom stereocenters. The van der Waals surface area contributed by atoms with Crippen molar-refractivity contribution in [1.82, 2.24) is 28.7 Å². The van der Waals surface area contributed by atoms with Crippen LogP contribution in [-0.4, -0.2) is 28.7 Å². The Kier molecular flexibility index (Phi) is 11.6. The van der Waals surface area contributed by atoms with Crippen LogP contribution in [0.5, 0.6) is 0 Å². The van der Waals surface area contributed by atoms with Gasteiger partial charge in [-0.3, -0.25) is 0 Å². The Bertz CT molecular complexity index is 4950. The van der Waals surface area contributed by atoms with Crippen LogP contribution in [0.2, 0.25) is 0 Å². The second kappa shape index (κ2) is 19.8. The van der Waals surface area contributed by atoms with Crippen LogP contribution in [0.1, 0.15) is 5.56 Å². The first-order valence-electron chi connectivity index (χ1n) is 27.4. The second-order valence-corrected chi connectivity index (χ2v) is 20.3. The fourth-order valence-corrected chi connectivity index (χ4v) is 12.1. The van der Waals surface area contributed by atoms with E-state index in [4.69, 9.17) is 15.0 Å². The van der Waals surface area contributed by atoms with Crippen LogP contribution in [0.25, 0.3) is 145 Å². The van der Waals surface area contributed by atoms with Crippen molar-refractivity contribution in [2.45, 2.75) is 0 Å². The van der Waals surface area contributed by atoms with Crippen LogP contribution in [0.15, 0.2) is 292 Å². The van der Waals surface area contributed by atoms with Crippen molar-refractivity contribution in [1.29, 1.82) is 0 Å². The zero-order valence-electron chi connectivity index (χ0n) is 44.1. The predicted molar refractivity (Wildman–Crippen MR) is 338 cm³/mol. The number of para-hydroxylation sites is 4. The molecule has 0 aliphatic rings. The first-order valence-corrected chi connectivity index (χ1v) is 27.4. The van der Waals surface area contributed by atoms with Crippen molar-refractivity contribution in [2.75, 3.05) is 0 Å². The molecule has 11 aromatic carbocycles. The molecule has 0 aliphatic carbocycles. The van der Waals surface area contributed by atoms with Gasteiger partial charge in [0.2, 0.25) is 0 Å². The molecule has 6 nitrogen and oxygen atoms in total. The maximum Gasteiger partial charge on any atom is 0.164 e. The third-order valence-electron chi connectivity index (χ3n) is 15.6. The Morgan fingerprint density at radius 1 is 0.309 bits per heavy atom. The molecular weight excluding hydrogens is 985 g/mol. The van der Waals surface area contributed by atoms with Crippen LogP contribution in [-0.2, 0) is 0 Å². The summed E-state index contributed by atoms with van der Waals surface area (Å²) in [5, 5.41) is 7.12. The summed E-state index contributed by atoms with van der Waals surface area (Å²) in [6.07, 6.45) is 10.1. The number of hydrogen-bond donors (Lipinski definition) is 0. The fourth-order valence-electron chi connectivity index (χ4n) is 12.1. The van der Waals surface area contributed by atoms with E-state index in [-0.39, 0.29) is 0 Å². The van der Waals surface area contributed by atoms with E-state index in [1.165, 1.54) is 38.0 Å². The van der Waals surface area contributed by atoms with Gasteiger partial charge < -0.3 is 13.7 Å². The molecule has 81 heavy (non-hydrogen) atoms. The molecule has 15 rings (SSSR count). The monoisotopic (exact) mass is 1030 g/mol. The van der Waals surface area contributed by atoms with Crippen molar-refractivity contribution in [3.05, 3.63) is 297 Å². The average molecular weight is 1040 g/mol. The molecule has 380 valence electrons. The quantitative estimate of drug-likeness (QED) is 0.121. The Balaban J connectivity index is 1.03. The van der Waals surface area contributed by atoms with Gasteiger partial charge in [-0.05, 0) is 82.9 Å².